The summed E-state index contributed by atoms with van der Waals surface area (Å²) in [6.07, 6.45) is 0.767. The molecule has 2 amide bonds. The summed E-state index contributed by atoms with van der Waals surface area (Å²) in [5, 5.41) is 5.35. The van der Waals surface area contributed by atoms with Gasteiger partial charge in [0.15, 0.2) is 6.10 Å². The second kappa shape index (κ2) is 9.03. The monoisotopic (exact) mass is 472 g/mol. The van der Waals surface area contributed by atoms with Crippen molar-refractivity contribution in [2.24, 2.45) is 5.73 Å². The van der Waals surface area contributed by atoms with Crippen LogP contribution >= 0.6 is 11.6 Å². The first-order valence-corrected chi connectivity index (χ1v) is 11.1. The maximum atomic E-state index is 13.9. The smallest absolute Gasteiger partial charge is 0.262 e. The van der Waals surface area contributed by atoms with Gasteiger partial charge in [0.25, 0.3) is 11.8 Å². The van der Waals surface area contributed by atoms with Crippen LogP contribution in [0.4, 0.5) is 5.69 Å². The summed E-state index contributed by atoms with van der Waals surface area (Å²) >= 11 is 6.35. The van der Waals surface area contributed by atoms with E-state index in [2.05, 4.69) is 0 Å². The molecule has 2 heterocycles. The molecule has 0 unspecified atom stereocenters. The number of anilines is 1. The lowest BCUT2D eigenvalue weighted by molar-refractivity contribution is -0.124. The minimum atomic E-state index is -0.947. The van der Waals surface area contributed by atoms with Crippen molar-refractivity contribution in [2.75, 3.05) is 11.4 Å². The molecule has 0 aliphatic carbocycles. The Hall–Kier alpha value is -4.10. The first-order valence-electron chi connectivity index (χ1n) is 10.7. The van der Waals surface area contributed by atoms with Crippen LogP contribution in [0.15, 0.2) is 85.1 Å². The third kappa shape index (κ3) is 4.13. The van der Waals surface area contributed by atoms with Gasteiger partial charge in [-0.15, -0.1) is 0 Å². The molecule has 0 fully saturated rings. The third-order valence-corrected chi connectivity index (χ3v) is 6.03. The Morgan fingerprint density at radius 1 is 1.00 bits per heavy atom. The highest BCUT2D eigenvalue weighted by Gasteiger charge is 2.34. The molecule has 0 bridgehead atoms. The van der Waals surface area contributed by atoms with Crippen LogP contribution in [-0.4, -0.2) is 34.2 Å². The topological polar surface area (TPSA) is 90.5 Å². The number of ether oxygens (including phenoxy) is 1. The number of halogens is 1. The van der Waals surface area contributed by atoms with Crippen LogP contribution < -0.4 is 15.4 Å². The van der Waals surface area contributed by atoms with E-state index in [1.54, 1.807) is 29.1 Å². The summed E-state index contributed by atoms with van der Waals surface area (Å²) in [6, 6.07) is 24.1. The van der Waals surface area contributed by atoms with Crippen LogP contribution in [0, 0.1) is 0 Å². The predicted molar refractivity (Wildman–Crippen MR) is 130 cm³/mol. The Bertz CT molecular complexity index is 1370. The predicted octanol–water partition coefficient (Wildman–Crippen LogP) is 4.14. The molecule has 0 saturated carbocycles. The van der Waals surface area contributed by atoms with Gasteiger partial charge in [-0.1, -0.05) is 72.3 Å². The van der Waals surface area contributed by atoms with E-state index in [0.29, 0.717) is 34.3 Å². The Labute approximate surface area is 201 Å². The van der Waals surface area contributed by atoms with E-state index in [0.717, 1.165) is 11.1 Å². The van der Waals surface area contributed by atoms with Crippen molar-refractivity contribution in [2.45, 2.75) is 12.6 Å². The highest BCUT2D eigenvalue weighted by molar-refractivity contribution is 6.31. The first-order chi connectivity index (χ1) is 16.5. The van der Waals surface area contributed by atoms with Gasteiger partial charge < -0.3 is 15.4 Å². The molecule has 1 atom stereocenters. The van der Waals surface area contributed by atoms with Crippen molar-refractivity contribution in [1.29, 1.82) is 0 Å². The van der Waals surface area contributed by atoms with Crippen LogP contribution in [0.25, 0.3) is 11.3 Å². The Morgan fingerprint density at radius 2 is 1.71 bits per heavy atom. The molecular formula is C26H21ClN4O3. The standard InChI is InChI=1S/C26H21ClN4O3/c27-20-11-5-4-10-18(20)14-30-15-19(24(29-30)17-8-2-1-3-9-17)26(33)31-16-23(25(28)32)34-22-13-7-6-12-21(22)31/h1-13,15,23H,14,16H2,(H2,28,32)/t23-/m0/s1. The fourth-order valence-corrected chi connectivity index (χ4v) is 4.19. The maximum absolute atomic E-state index is 13.9. The van der Waals surface area contributed by atoms with Crippen LogP contribution in [0.2, 0.25) is 5.02 Å². The number of carbonyl (C=O) groups is 2. The lowest BCUT2D eigenvalue weighted by Gasteiger charge is -2.33. The fourth-order valence-electron chi connectivity index (χ4n) is 3.99. The van der Waals surface area contributed by atoms with Gasteiger partial charge in [0.1, 0.15) is 11.4 Å². The van der Waals surface area contributed by atoms with Gasteiger partial charge in [0.05, 0.1) is 24.3 Å². The zero-order valence-corrected chi connectivity index (χ0v) is 18.9. The van der Waals surface area contributed by atoms with Crippen LogP contribution in [0.3, 0.4) is 0 Å². The summed E-state index contributed by atoms with van der Waals surface area (Å²) in [5.74, 6) is -0.508. The second-order valence-corrected chi connectivity index (χ2v) is 8.35. The summed E-state index contributed by atoms with van der Waals surface area (Å²) in [6.45, 7) is 0.408. The van der Waals surface area contributed by atoms with Crippen molar-refractivity contribution in [3.8, 4) is 17.0 Å². The zero-order valence-electron chi connectivity index (χ0n) is 18.1. The molecule has 0 spiro atoms. The number of benzene rings is 3. The molecule has 4 aromatic rings. The van der Waals surface area contributed by atoms with Crippen LogP contribution in [-0.2, 0) is 11.3 Å². The zero-order chi connectivity index (χ0) is 23.7. The number of rotatable bonds is 5. The van der Waals surface area contributed by atoms with Gasteiger partial charge in [-0.05, 0) is 23.8 Å². The van der Waals surface area contributed by atoms with Gasteiger partial charge in [0.2, 0.25) is 0 Å². The maximum Gasteiger partial charge on any atom is 0.262 e. The number of nitrogens with zero attached hydrogens (tertiary/aromatic N) is 3. The first kappa shape index (κ1) is 21.7. The molecule has 8 heteroatoms. The molecule has 5 rings (SSSR count). The number of amides is 2. The van der Waals surface area contributed by atoms with E-state index >= 15 is 0 Å². The van der Waals surface area contributed by atoms with Crippen molar-refractivity contribution in [3.63, 3.8) is 0 Å². The van der Waals surface area contributed by atoms with E-state index in [1.165, 1.54) is 4.90 Å². The molecule has 0 radical (unpaired) electrons. The molecule has 0 saturated heterocycles. The van der Waals surface area contributed by atoms with Crippen molar-refractivity contribution in [1.82, 2.24) is 9.78 Å². The summed E-state index contributed by atoms with van der Waals surface area (Å²) in [4.78, 5) is 27.3. The Balaban J connectivity index is 1.58. The number of aromatic nitrogens is 2. The minimum absolute atomic E-state index is 0.00903. The van der Waals surface area contributed by atoms with Crippen molar-refractivity contribution >= 4 is 29.1 Å². The molecule has 7 nitrogen and oxygen atoms in total. The number of carbonyl (C=O) groups excluding carboxylic acids is 2. The summed E-state index contributed by atoms with van der Waals surface area (Å²) < 4.78 is 7.42. The minimum Gasteiger partial charge on any atom is -0.477 e. The summed E-state index contributed by atoms with van der Waals surface area (Å²) in [5.41, 5.74) is 8.72. The van der Waals surface area contributed by atoms with Gasteiger partial charge >= 0.3 is 0 Å². The van der Waals surface area contributed by atoms with Gasteiger partial charge in [-0.2, -0.15) is 5.10 Å². The van der Waals surface area contributed by atoms with E-state index < -0.39 is 12.0 Å². The van der Waals surface area contributed by atoms with Crippen molar-refractivity contribution in [3.05, 3.63) is 101 Å². The third-order valence-electron chi connectivity index (χ3n) is 5.67. The lowest BCUT2D eigenvalue weighted by Crippen LogP contribution is -2.49. The van der Waals surface area contributed by atoms with Crippen molar-refractivity contribution < 1.29 is 14.3 Å². The molecule has 1 aliphatic heterocycles. The largest absolute Gasteiger partial charge is 0.477 e. The van der Waals surface area contributed by atoms with Gasteiger partial charge in [0, 0.05) is 16.8 Å². The van der Waals surface area contributed by atoms with E-state index in [-0.39, 0.29) is 12.5 Å². The molecule has 34 heavy (non-hydrogen) atoms. The number of nitrogens with two attached hydrogens (primary N) is 1. The lowest BCUT2D eigenvalue weighted by atomic mass is 10.1. The van der Waals surface area contributed by atoms with E-state index in [9.17, 15) is 9.59 Å². The molecule has 3 aromatic carbocycles. The van der Waals surface area contributed by atoms with Gasteiger partial charge in [-0.3, -0.25) is 14.3 Å². The van der Waals surface area contributed by atoms with E-state index in [4.69, 9.17) is 27.2 Å². The molecule has 1 aliphatic rings. The molecule has 1 aromatic heterocycles. The Kier molecular flexibility index (Phi) is 5.77. The summed E-state index contributed by atoms with van der Waals surface area (Å²) in [7, 11) is 0. The Morgan fingerprint density at radius 3 is 2.47 bits per heavy atom. The highest BCUT2D eigenvalue weighted by atomic mass is 35.5. The molecular weight excluding hydrogens is 452 g/mol. The number of hydrogen-bond acceptors (Lipinski definition) is 4. The van der Waals surface area contributed by atoms with Crippen LogP contribution in [0.5, 0.6) is 5.75 Å². The van der Waals surface area contributed by atoms with Gasteiger partial charge in [-0.25, -0.2) is 0 Å². The SMILES string of the molecule is NC(=O)[C@@H]1CN(C(=O)c2cn(Cc3ccccc3Cl)nc2-c2ccccc2)c2ccccc2O1. The average Bonchev–Trinajstić information content (AvgIpc) is 3.28. The normalized spacial score (nSPS) is 14.9. The highest BCUT2D eigenvalue weighted by Crippen LogP contribution is 2.35. The van der Waals surface area contributed by atoms with E-state index in [1.807, 2.05) is 60.7 Å². The molecule has 170 valence electrons. The molecule has 2 N–H and O–H groups in total. The van der Waals surface area contributed by atoms with Crippen LogP contribution in [0.1, 0.15) is 15.9 Å². The second-order valence-electron chi connectivity index (χ2n) is 7.94. The number of primary amides is 1. The number of fused-ring (bicyclic) bond motifs is 1. The number of hydrogen-bond donors (Lipinski definition) is 1. The fraction of sp³-hybridized carbons (Fsp3) is 0.115. The number of para-hydroxylation sites is 2. The average molecular weight is 473 g/mol. The quantitative estimate of drug-likeness (QED) is 0.472.